The van der Waals surface area contributed by atoms with E-state index >= 15 is 0 Å². The van der Waals surface area contributed by atoms with Crippen molar-refractivity contribution in [1.82, 2.24) is 25.0 Å². The molecule has 1 amide bonds. The summed E-state index contributed by atoms with van der Waals surface area (Å²) in [4.78, 5) is 16.5. The van der Waals surface area contributed by atoms with Gasteiger partial charge in [0.05, 0.1) is 11.2 Å². The molecule has 0 atom stereocenters. The van der Waals surface area contributed by atoms with Crippen LogP contribution in [0.25, 0.3) is 11.4 Å². The van der Waals surface area contributed by atoms with Crippen LogP contribution in [-0.2, 0) is 7.05 Å². The maximum atomic E-state index is 12.3. The van der Waals surface area contributed by atoms with Crippen LogP contribution in [0.2, 0.25) is 5.02 Å². The van der Waals surface area contributed by atoms with Gasteiger partial charge in [0, 0.05) is 18.3 Å². The first-order chi connectivity index (χ1) is 10.5. The molecule has 0 fully saturated rings. The predicted octanol–water partition coefficient (Wildman–Crippen LogP) is 2.42. The quantitative estimate of drug-likeness (QED) is 0.776. The highest BCUT2D eigenvalue weighted by Gasteiger charge is 2.16. The van der Waals surface area contributed by atoms with Gasteiger partial charge in [-0.1, -0.05) is 23.7 Å². The van der Waals surface area contributed by atoms with E-state index in [4.69, 9.17) is 11.6 Å². The van der Waals surface area contributed by atoms with Gasteiger partial charge >= 0.3 is 0 Å². The Morgan fingerprint density at radius 1 is 1.41 bits per heavy atom. The number of amides is 1. The SMILES string of the molecule is Cc1nc(-c2cccc(NC(=O)c3c(Cl)cnn3C)c2)n[nH]1. The number of nitrogens with one attached hydrogen (secondary N) is 2. The van der Waals surface area contributed by atoms with Crippen molar-refractivity contribution in [2.45, 2.75) is 6.92 Å². The van der Waals surface area contributed by atoms with Crippen molar-refractivity contribution in [2.75, 3.05) is 5.32 Å². The van der Waals surface area contributed by atoms with Crippen LogP contribution in [0, 0.1) is 6.92 Å². The van der Waals surface area contributed by atoms with E-state index < -0.39 is 0 Å². The number of aromatic amines is 1. The second-order valence-electron chi connectivity index (χ2n) is 4.74. The summed E-state index contributed by atoms with van der Waals surface area (Å²) in [6.45, 7) is 1.83. The van der Waals surface area contributed by atoms with Crippen molar-refractivity contribution in [2.24, 2.45) is 7.05 Å². The Balaban J connectivity index is 1.86. The maximum absolute atomic E-state index is 12.3. The molecule has 0 saturated heterocycles. The monoisotopic (exact) mass is 316 g/mol. The van der Waals surface area contributed by atoms with Gasteiger partial charge in [0.2, 0.25) is 0 Å². The van der Waals surface area contributed by atoms with E-state index in [1.807, 2.05) is 19.1 Å². The fourth-order valence-corrected chi connectivity index (χ4v) is 2.32. The Bertz CT molecular complexity index is 818. The molecule has 112 valence electrons. The molecule has 2 aromatic heterocycles. The van der Waals surface area contributed by atoms with Crippen molar-refractivity contribution in [3.63, 3.8) is 0 Å². The van der Waals surface area contributed by atoms with Crippen molar-refractivity contribution >= 4 is 23.2 Å². The Hall–Kier alpha value is -2.67. The third-order valence-electron chi connectivity index (χ3n) is 3.09. The first-order valence-electron chi connectivity index (χ1n) is 6.53. The lowest BCUT2D eigenvalue weighted by atomic mass is 10.2. The van der Waals surface area contributed by atoms with Crippen LogP contribution in [0.4, 0.5) is 5.69 Å². The van der Waals surface area contributed by atoms with Crippen molar-refractivity contribution in [3.8, 4) is 11.4 Å². The number of carbonyl (C=O) groups excluding carboxylic acids is 1. The van der Waals surface area contributed by atoms with E-state index in [0.29, 0.717) is 22.2 Å². The summed E-state index contributed by atoms with van der Waals surface area (Å²) in [5, 5.41) is 13.9. The van der Waals surface area contributed by atoms with E-state index in [2.05, 4.69) is 25.6 Å². The Kier molecular flexibility index (Phi) is 3.64. The van der Waals surface area contributed by atoms with E-state index in [0.717, 1.165) is 11.4 Å². The topological polar surface area (TPSA) is 88.5 Å². The predicted molar refractivity (Wildman–Crippen MR) is 82.7 cm³/mol. The number of aryl methyl sites for hydroxylation is 2. The average Bonchev–Trinajstić information content (AvgIpc) is 3.05. The molecule has 0 spiro atoms. The van der Waals surface area contributed by atoms with Crippen LogP contribution < -0.4 is 5.32 Å². The van der Waals surface area contributed by atoms with Crippen molar-refractivity contribution in [3.05, 3.63) is 47.0 Å². The molecule has 7 nitrogen and oxygen atoms in total. The van der Waals surface area contributed by atoms with E-state index in [1.165, 1.54) is 10.9 Å². The van der Waals surface area contributed by atoms with Gasteiger partial charge in [0.25, 0.3) is 5.91 Å². The number of aromatic nitrogens is 5. The number of hydrogen-bond donors (Lipinski definition) is 2. The van der Waals surface area contributed by atoms with E-state index in [1.54, 1.807) is 19.2 Å². The van der Waals surface area contributed by atoms with Crippen molar-refractivity contribution in [1.29, 1.82) is 0 Å². The molecule has 0 aliphatic rings. The van der Waals surface area contributed by atoms with Gasteiger partial charge < -0.3 is 5.32 Å². The fourth-order valence-electron chi connectivity index (χ4n) is 2.06. The molecule has 0 aliphatic heterocycles. The third kappa shape index (κ3) is 2.71. The highest BCUT2D eigenvalue weighted by atomic mass is 35.5. The number of H-pyrrole nitrogens is 1. The van der Waals surface area contributed by atoms with Crippen LogP contribution in [0.1, 0.15) is 16.3 Å². The van der Waals surface area contributed by atoms with Crippen LogP contribution in [-0.4, -0.2) is 30.9 Å². The van der Waals surface area contributed by atoms with E-state index in [9.17, 15) is 4.79 Å². The summed E-state index contributed by atoms with van der Waals surface area (Å²) in [6, 6.07) is 7.27. The van der Waals surface area contributed by atoms with Crippen LogP contribution >= 0.6 is 11.6 Å². The van der Waals surface area contributed by atoms with Crippen LogP contribution in [0.5, 0.6) is 0 Å². The number of carbonyl (C=O) groups is 1. The molecule has 3 rings (SSSR count). The van der Waals surface area contributed by atoms with Crippen LogP contribution in [0.3, 0.4) is 0 Å². The lowest BCUT2D eigenvalue weighted by Gasteiger charge is -2.07. The van der Waals surface area contributed by atoms with Gasteiger partial charge in [-0.15, -0.1) is 0 Å². The molecule has 1 aromatic carbocycles. The zero-order valence-corrected chi connectivity index (χ0v) is 12.7. The minimum absolute atomic E-state index is 0.306. The molecule has 8 heteroatoms. The average molecular weight is 317 g/mol. The Labute approximate surface area is 131 Å². The van der Waals surface area contributed by atoms with Gasteiger partial charge in [-0.25, -0.2) is 4.98 Å². The molecular weight excluding hydrogens is 304 g/mol. The second-order valence-corrected chi connectivity index (χ2v) is 5.15. The standard InChI is InChI=1S/C14H13ClN6O/c1-8-17-13(20-19-8)9-4-3-5-10(6-9)18-14(22)12-11(15)7-16-21(12)2/h3-7H,1-2H3,(H,18,22)(H,17,19,20). The summed E-state index contributed by atoms with van der Waals surface area (Å²) in [7, 11) is 1.66. The second kappa shape index (κ2) is 5.61. The Morgan fingerprint density at radius 3 is 2.86 bits per heavy atom. The first kappa shape index (κ1) is 14.3. The summed E-state index contributed by atoms with van der Waals surface area (Å²) in [5.41, 5.74) is 1.74. The van der Waals surface area contributed by atoms with Crippen molar-refractivity contribution < 1.29 is 4.79 Å². The third-order valence-corrected chi connectivity index (χ3v) is 3.36. The van der Waals surface area contributed by atoms with Gasteiger partial charge in [-0.3, -0.25) is 14.6 Å². The van der Waals surface area contributed by atoms with Gasteiger partial charge in [-0.2, -0.15) is 10.2 Å². The van der Waals surface area contributed by atoms with Gasteiger partial charge in [0.15, 0.2) is 5.82 Å². The van der Waals surface area contributed by atoms with Gasteiger partial charge in [0.1, 0.15) is 11.5 Å². The zero-order chi connectivity index (χ0) is 15.7. The normalized spacial score (nSPS) is 10.7. The molecule has 2 heterocycles. The maximum Gasteiger partial charge on any atom is 0.275 e. The first-order valence-corrected chi connectivity index (χ1v) is 6.90. The number of halogens is 1. The number of anilines is 1. The fraction of sp³-hybridized carbons (Fsp3) is 0.143. The molecule has 0 saturated carbocycles. The zero-order valence-electron chi connectivity index (χ0n) is 12.0. The Morgan fingerprint density at radius 2 is 2.23 bits per heavy atom. The van der Waals surface area contributed by atoms with Gasteiger partial charge in [-0.05, 0) is 19.1 Å². The van der Waals surface area contributed by atoms with Crippen LogP contribution in [0.15, 0.2) is 30.5 Å². The number of nitrogens with zero attached hydrogens (tertiary/aromatic N) is 4. The minimum atomic E-state index is -0.326. The molecule has 0 bridgehead atoms. The largest absolute Gasteiger partial charge is 0.321 e. The highest BCUT2D eigenvalue weighted by Crippen LogP contribution is 2.21. The lowest BCUT2D eigenvalue weighted by molar-refractivity contribution is 0.101. The molecule has 2 N–H and O–H groups in total. The molecule has 0 aliphatic carbocycles. The number of benzene rings is 1. The van der Waals surface area contributed by atoms with E-state index in [-0.39, 0.29) is 5.91 Å². The summed E-state index contributed by atoms with van der Waals surface area (Å²) in [6.07, 6.45) is 1.43. The number of hydrogen-bond acceptors (Lipinski definition) is 4. The highest BCUT2D eigenvalue weighted by molar-refractivity contribution is 6.34. The summed E-state index contributed by atoms with van der Waals surface area (Å²) in [5.74, 6) is 0.978. The minimum Gasteiger partial charge on any atom is -0.321 e. The molecule has 3 aromatic rings. The lowest BCUT2D eigenvalue weighted by Crippen LogP contribution is -2.16. The molecule has 0 unspecified atom stereocenters. The number of rotatable bonds is 3. The summed E-state index contributed by atoms with van der Waals surface area (Å²) >= 11 is 5.97. The smallest absolute Gasteiger partial charge is 0.275 e. The molecular formula is C14H13ClN6O. The summed E-state index contributed by atoms with van der Waals surface area (Å²) < 4.78 is 1.43. The molecule has 22 heavy (non-hydrogen) atoms. The molecule has 0 radical (unpaired) electrons.